The average molecular weight is 339 g/mol. The molecule has 1 N–H and O–H groups in total. The largest absolute Gasteiger partial charge is 0.495 e. The molecule has 2 atom stereocenters. The molecule has 2 aliphatic rings. The van der Waals surface area contributed by atoms with Crippen LogP contribution in [0.3, 0.4) is 0 Å². The van der Waals surface area contributed by atoms with Crippen LogP contribution in [-0.2, 0) is 9.53 Å². The van der Waals surface area contributed by atoms with Gasteiger partial charge in [-0.25, -0.2) is 0 Å². The van der Waals surface area contributed by atoms with Crippen molar-refractivity contribution >= 4 is 23.2 Å². The topological polar surface area (TPSA) is 76.1 Å². The zero-order valence-corrected chi connectivity index (χ0v) is 13.9. The number of thiophene rings is 1. The van der Waals surface area contributed by atoms with Gasteiger partial charge in [0.1, 0.15) is 10.6 Å². The third-order valence-corrected chi connectivity index (χ3v) is 5.67. The van der Waals surface area contributed by atoms with E-state index in [4.69, 9.17) is 9.47 Å². The SMILES string of the molecule is COc1ccsc1C(=O)N1CCC([C@@H]2OCCC2C(=O)O)CC1. The number of ether oxygens (including phenoxy) is 2. The number of carboxylic acid groups (broad SMARTS) is 1. The van der Waals surface area contributed by atoms with Gasteiger partial charge in [-0.3, -0.25) is 9.59 Å². The summed E-state index contributed by atoms with van der Waals surface area (Å²) < 4.78 is 10.9. The van der Waals surface area contributed by atoms with Gasteiger partial charge in [-0.1, -0.05) is 0 Å². The normalized spacial score (nSPS) is 25.5. The first-order chi connectivity index (χ1) is 11.1. The van der Waals surface area contributed by atoms with E-state index in [1.165, 1.54) is 11.3 Å². The minimum atomic E-state index is -0.769. The molecule has 23 heavy (non-hydrogen) atoms. The first-order valence-corrected chi connectivity index (χ1v) is 8.75. The quantitative estimate of drug-likeness (QED) is 0.909. The van der Waals surface area contributed by atoms with E-state index >= 15 is 0 Å². The van der Waals surface area contributed by atoms with Gasteiger partial charge in [0.05, 0.1) is 19.1 Å². The van der Waals surface area contributed by atoms with E-state index < -0.39 is 11.9 Å². The Kier molecular flexibility index (Phi) is 4.87. The molecule has 2 saturated heterocycles. The molecule has 0 bridgehead atoms. The predicted octanol–water partition coefficient (Wildman–Crippen LogP) is 2.10. The minimum Gasteiger partial charge on any atom is -0.495 e. The summed E-state index contributed by atoms with van der Waals surface area (Å²) in [6, 6.07) is 1.80. The zero-order chi connectivity index (χ0) is 16.4. The van der Waals surface area contributed by atoms with Crippen molar-refractivity contribution in [2.24, 2.45) is 11.8 Å². The Morgan fingerprint density at radius 3 is 2.74 bits per heavy atom. The number of piperidine rings is 1. The number of amides is 1. The number of likely N-dealkylation sites (tertiary alicyclic amines) is 1. The predicted molar refractivity (Wildman–Crippen MR) is 85.0 cm³/mol. The monoisotopic (exact) mass is 339 g/mol. The third-order valence-electron chi connectivity index (χ3n) is 4.79. The van der Waals surface area contributed by atoms with Gasteiger partial charge in [-0.15, -0.1) is 11.3 Å². The zero-order valence-electron chi connectivity index (χ0n) is 13.1. The summed E-state index contributed by atoms with van der Waals surface area (Å²) in [6.45, 7) is 1.79. The minimum absolute atomic E-state index is 0.00238. The van der Waals surface area contributed by atoms with Crippen molar-refractivity contribution in [2.75, 3.05) is 26.8 Å². The van der Waals surface area contributed by atoms with Crippen molar-refractivity contribution in [3.05, 3.63) is 16.3 Å². The highest BCUT2D eigenvalue weighted by atomic mass is 32.1. The Morgan fingerprint density at radius 1 is 1.35 bits per heavy atom. The first kappa shape index (κ1) is 16.3. The van der Waals surface area contributed by atoms with Crippen LogP contribution in [0.2, 0.25) is 0 Å². The van der Waals surface area contributed by atoms with Gasteiger partial charge < -0.3 is 19.5 Å². The smallest absolute Gasteiger partial charge is 0.309 e. The van der Waals surface area contributed by atoms with Crippen LogP contribution < -0.4 is 4.74 Å². The molecular formula is C16H21NO5S. The molecule has 7 heteroatoms. The summed E-state index contributed by atoms with van der Waals surface area (Å²) in [5, 5.41) is 11.1. The van der Waals surface area contributed by atoms with Gasteiger partial charge in [-0.2, -0.15) is 0 Å². The van der Waals surface area contributed by atoms with Crippen molar-refractivity contribution in [1.82, 2.24) is 4.90 Å². The number of methoxy groups -OCH3 is 1. The fourth-order valence-corrected chi connectivity index (χ4v) is 4.35. The number of carbonyl (C=O) groups excluding carboxylic acids is 1. The van der Waals surface area contributed by atoms with Gasteiger partial charge >= 0.3 is 5.97 Å². The molecule has 126 valence electrons. The maximum absolute atomic E-state index is 12.6. The summed E-state index contributed by atoms with van der Waals surface area (Å²) in [6.07, 6.45) is 1.95. The molecule has 3 rings (SSSR count). The Labute approximate surface area is 139 Å². The van der Waals surface area contributed by atoms with Crippen molar-refractivity contribution in [2.45, 2.75) is 25.4 Å². The molecule has 0 spiro atoms. The number of hydrogen-bond acceptors (Lipinski definition) is 5. The highest BCUT2D eigenvalue weighted by Crippen LogP contribution is 2.34. The lowest BCUT2D eigenvalue weighted by Gasteiger charge is -2.35. The molecule has 0 saturated carbocycles. The van der Waals surface area contributed by atoms with Crippen LogP contribution in [0.5, 0.6) is 5.75 Å². The maximum Gasteiger partial charge on any atom is 0.309 e. The lowest BCUT2D eigenvalue weighted by molar-refractivity contribution is -0.145. The van der Waals surface area contributed by atoms with Gasteiger partial charge in [-0.05, 0) is 36.6 Å². The lowest BCUT2D eigenvalue weighted by Crippen LogP contribution is -2.43. The van der Waals surface area contributed by atoms with Crippen LogP contribution in [-0.4, -0.2) is 54.8 Å². The Bertz CT molecular complexity index is 579. The fourth-order valence-electron chi connectivity index (χ4n) is 3.53. The van der Waals surface area contributed by atoms with Crippen molar-refractivity contribution in [1.29, 1.82) is 0 Å². The summed E-state index contributed by atoms with van der Waals surface area (Å²) in [4.78, 5) is 26.3. The van der Waals surface area contributed by atoms with Crippen LogP contribution in [0.4, 0.5) is 0 Å². The molecule has 2 fully saturated rings. The summed E-state index contributed by atoms with van der Waals surface area (Å²) in [5.41, 5.74) is 0. The van der Waals surface area contributed by atoms with E-state index in [-0.39, 0.29) is 17.9 Å². The molecule has 6 nitrogen and oxygen atoms in total. The molecule has 3 heterocycles. The molecule has 1 amide bonds. The van der Waals surface area contributed by atoms with E-state index in [9.17, 15) is 14.7 Å². The van der Waals surface area contributed by atoms with Gasteiger partial charge in [0.25, 0.3) is 5.91 Å². The van der Waals surface area contributed by atoms with E-state index in [2.05, 4.69) is 0 Å². The third kappa shape index (κ3) is 3.21. The van der Waals surface area contributed by atoms with E-state index in [0.29, 0.717) is 36.7 Å². The van der Waals surface area contributed by atoms with Crippen LogP contribution in [0, 0.1) is 11.8 Å². The second-order valence-corrected chi connectivity index (χ2v) is 6.93. The van der Waals surface area contributed by atoms with Gasteiger partial charge in [0.15, 0.2) is 0 Å². The van der Waals surface area contributed by atoms with E-state index in [0.717, 1.165) is 12.8 Å². The highest BCUT2D eigenvalue weighted by molar-refractivity contribution is 7.12. The van der Waals surface area contributed by atoms with Crippen molar-refractivity contribution in [3.8, 4) is 5.75 Å². The Hall–Kier alpha value is -1.60. The average Bonchev–Trinajstić information content (AvgIpc) is 3.23. The maximum atomic E-state index is 12.6. The molecule has 0 aliphatic carbocycles. The Balaban J connectivity index is 1.60. The summed E-state index contributed by atoms with van der Waals surface area (Å²) in [5.74, 6) is -0.341. The molecule has 2 aliphatic heterocycles. The van der Waals surface area contributed by atoms with Crippen LogP contribution in [0.1, 0.15) is 28.9 Å². The van der Waals surface area contributed by atoms with Crippen molar-refractivity contribution in [3.63, 3.8) is 0 Å². The number of hydrogen-bond donors (Lipinski definition) is 1. The Morgan fingerprint density at radius 2 is 2.09 bits per heavy atom. The van der Waals surface area contributed by atoms with E-state index in [1.54, 1.807) is 13.2 Å². The summed E-state index contributed by atoms with van der Waals surface area (Å²) >= 11 is 1.39. The van der Waals surface area contributed by atoms with Crippen LogP contribution in [0.15, 0.2) is 11.4 Å². The number of rotatable bonds is 4. The number of aliphatic carboxylic acids is 1. The number of nitrogens with zero attached hydrogens (tertiary/aromatic N) is 1. The highest BCUT2D eigenvalue weighted by Gasteiger charge is 2.41. The number of carbonyl (C=O) groups is 2. The molecule has 1 unspecified atom stereocenters. The van der Waals surface area contributed by atoms with Crippen LogP contribution >= 0.6 is 11.3 Å². The molecule has 1 aromatic heterocycles. The standard InChI is InChI=1S/C16H21NO5S/c1-21-12-5-9-23-14(12)15(18)17-6-2-10(3-7-17)13-11(16(19)20)4-8-22-13/h5,9-11,13H,2-4,6-8H2,1H3,(H,19,20)/t11?,13-/m0/s1. The van der Waals surface area contributed by atoms with Crippen molar-refractivity contribution < 1.29 is 24.2 Å². The summed E-state index contributed by atoms with van der Waals surface area (Å²) in [7, 11) is 1.56. The van der Waals surface area contributed by atoms with Gasteiger partial charge in [0, 0.05) is 19.7 Å². The molecule has 0 aromatic carbocycles. The van der Waals surface area contributed by atoms with Gasteiger partial charge in [0.2, 0.25) is 0 Å². The van der Waals surface area contributed by atoms with Crippen LogP contribution in [0.25, 0.3) is 0 Å². The number of carboxylic acids is 1. The fraction of sp³-hybridized carbons (Fsp3) is 0.625. The first-order valence-electron chi connectivity index (χ1n) is 7.87. The second kappa shape index (κ2) is 6.88. The lowest BCUT2D eigenvalue weighted by atomic mass is 9.84. The second-order valence-electron chi connectivity index (χ2n) is 6.02. The molecule has 1 aromatic rings. The molecule has 0 radical (unpaired) electrons. The van der Waals surface area contributed by atoms with E-state index in [1.807, 2.05) is 10.3 Å². The molecular weight excluding hydrogens is 318 g/mol.